The first-order chi connectivity index (χ1) is 10.3. The molecule has 0 nitrogen and oxygen atoms in total. The van der Waals surface area contributed by atoms with Gasteiger partial charge in [0.05, 0.1) is 0 Å². The van der Waals surface area contributed by atoms with E-state index < -0.39 is 6.60 Å². The Bertz CT molecular complexity index is 389. The van der Waals surface area contributed by atoms with E-state index >= 15 is 0 Å². The molecular formula is C19H35Cl2P. The van der Waals surface area contributed by atoms with Gasteiger partial charge in [-0.3, -0.25) is 0 Å². The van der Waals surface area contributed by atoms with E-state index in [-0.39, 0.29) is 4.62 Å². The molecule has 0 radical (unpaired) electrons. The van der Waals surface area contributed by atoms with Crippen LogP contribution in [-0.4, -0.2) is 29.8 Å². The number of unbranched alkanes of at least 4 members (excludes halogenated alkanes) is 3. The quantitative estimate of drug-likeness (QED) is 0.276. The minimum absolute atomic E-state index is 0.225. The Morgan fingerprint density at radius 2 is 1.45 bits per heavy atom. The summed E-state index contributed by atoms with van der Waals surface area (Å²) in [5.41, 5.74) is 0. The van der Waals surface area contributed by atoms with Crippen LogP contribution in [0.25, 0.3) is 0 Å². The zero-order valence-electron chi connectivity index (χ0n) is 15.0. The second-order valence-corrected chi connectivity index (χ2v) is 15.7. The molecule has 0 aromatic rings. The predicted octanol–water partition coefficient (Wildman–Crippen LogP) is 7.59. The number of alkyl halides is 1. The van der Waals surface area contributed by atoms with Gasteiger partial charge in [0.1, 0.15) is 0 Å². The fraction of sp³-hybridized carbons (Fsp3) is 0.789. The van der Waals surface area contributed by atoms with Gasteiger partial charge in [-0.15, -0.1) is 0 Å². The average Bonchev–Trinajstić information content (AvgIpc) is 2.49. The number of hydrogen-bond acceptors (Lipinski definition) is 0. The van der Waals surface area contributed by atoms with Gasteiger partial charge in [-0.1, -0.05) is 0 Å². The van der Waals surface area contributed by atoms with Crippen LogP contribution >= 0.6 is 29.8 Å². The first-order valence-corrected chi connectivity index (χ1v) is 13.1. The van der Waals surface area contributed by atoms with Crippen molar-refractivity contribution in [3.8, 4) is 0 Å². The molecule has 0 bridgehead atoms. The average molecular weight is 365 g/mol. The summed E-state index contributed by atoms with van der Waals surface area (Å²) in [6.45, 7) is 7.42. The van der Waals surface area contributed by atoms with Gasteiger partial charge in [0.2, 0.25) is 0 Å². The van der Waals surface area contributed by atoms with E-state index in [1.165, 1.54) is 57.0 Å². The number of allylic oxidation sites excluding steroid dienone is 4. The third-order valence-electron chi connectivity index (χ3n) is 5.70. The maximum atomic E-state index is 7.39. The van der Waals surface area contributed by atoms with E-state index in [4.69, 9.17) is 23.2 Å². The molecular weight excluding hydrogens is 330 g/mol. The Labute approximate surface area is 148 Å². The maximum absolute atomic E-state index is 7.39. The molecule has 1 atom stereocenters. The molecule has 0 aromatic carbocycles. The molecule has 1 aliphatic rings. The first-order valence-electron chi connectivity index (χ1n) is 9.07. The SMILES string of the molecule is CCCCP(C)(CCCC)(CCCC)C1(Cl)C=CC=C(Cl)C1. The molecule has 0 fully saturated rings. The molecule has 130 valence electrons. The normalized spacial score (nSPS) is 23.9. The summed E-state index contributed by atoms with van der Waals surface area (Å²) in [5.74, 6) is 0. The molecule has 3 heteroatoms. The van der Waals surface area contributed by atoms with E-state index in [1.54, 1.807) is 0 Å². The molecule has 0 saturated heterocycles. The molecule has 1 unspecified atom stereocenters. The van der Waals surface area contributed by atoms with E-state index in [9.17, 15) is 0 Å². The summed E-state index contributed by atoms with van der Waals surface area (Å²) < 4.78 is -0.225. The van der Waals surface area contributed by atoms with Crippen LogP contribution in [0.3, 0.4) is 0 Å². The molecule has 0 aliphatic heterocycles. The van der Waals surface area contributed by atoms with Crippen LogP contribution in [0, 0.1) is 0 Å². The molecule has 1 aliphatic carbocycles. The number of halogens is 2. The molecule has 1 rings (SSSR count). The molecule has 0 spiro atoms. The van der Waals surface area contributed by atoms with Crippen molar-refractivity contribution in [1.82, 2.24) is 0 Å². The summed E-state index contributed by atoms with van der Waals surface area (Å²) in [6, 6.07) is 0. The fourth-order valence-corrected chi connectivity index (χ4v) is 12.0. The predicted molar refractivity (Wildman–Crippen MR) is 108 cm³/mol. The molecule has 0 saturated carbocycles. The van der Waals surface area contributed by atoms with Gasteiger partial charge in [-0.25, -0.2) is 0 Å². The summed E-state index contributed by atoms with van der Waals surface area (Å²) >= 11 is 13.8. The van der Waals surface area contributed by atoms with E-state index in [0.717, 1.165) is 11.5 Å². The molecule has 22 heavy (non-hydrogen) atoms. The van der Waals surface area contributed by atoms with Crippen LogP contribution in [0.5, 0.6) is 0 Å². The Balaban J connectivity index is 3.26. The molecule has 0 N–H and O–H groups in total. The van der Waals surface area contributed by atoms with Crippen molar-refractivity contribution in [2.45, 2.75) is 70.3 Å². The van der Waals surface area contributed by atoms with E-state index in [0.29, 0.717) is 0 Å². The fourth-order valence-electron chi connectivity index (χ4n) is 3.88. The monoisotopic (exact) mass is 364 g/mol. The van der Waals surface area contributed by atoms with Crippen LogP contribution in [0.4, 0.5) is 0 Å². The van der Waals surface area contributed by atoms with Crippen LogP contribution < -0.4 is 0 Å². The molecule has 0 amide bonds. The zero-order chi connectivity index (χ0) is 16.7. The van der Waals surface area contributed by atoms with E-state index in [1.807, 2.05) is 6.08 Å². The van der Waals surface area contributed by atoms with Crippen molar-refractivity contribution < 1.29 is 0 Å². The van der Waals surface area contributed by atoms with Crippen molar-refractivity contribution in [1.29, 1.82) is 0 Å². The van der Waals surface area contributed by atoms with Crippen molar-refractivity contribution >= 4 is 29.8 Å². The topological polar surface area (TPSA) is 0 Å². The van der Waals surface area contributed by atoms with E-state index in [2.05, 4.69) is 39.6 Å². The number of hydrogen-bond donors (Lipinski definition) is 0. The van der Waals surface area contributed by atoms with Crippen molar-refractivity contribution in [2.24, 2.45) is 0 Å². The van der Waals surface area contributed by atoms with Gasteiger partial charge < -0.3 is 0 Å². The Morgan fingerprint density at radius 3 is 1.82 bits per heavy atom. The van der Waals surface area contributed by atoms with Gasteiger partial charge in [-0.2, -0.15) is 0 Å². The van der Waals surface area contributed by atoms with Crippen LogP contribution in [-0.2, 0) is 0 Å². The Morgan fingerprint density at radius 1 is 1.00 bits per heavy atom. The van der Waals surface area contributed by atoms with Gasteiger partial charge in [-0.05, 0) is 0 Å². The third-order valence-corrected chi connectivity index (χ3v) is 15.3. The van der Waals surface area contributed by atoms with Crippen molar-refractivity contribution in [2.75, 3.05) is 25.2 Å². The molecule has 0 aromatic heterocycles. The minimum atomic E-state index is -2.07. The first kappa shape index (κ1) is 20.5. The zero-order valence-corrected chi connectivity index (χ0v) is 17.4. The summed E-state index contributed by atoms with van der Waals surface area (Å²) in [6.07, 6.45) is 18.9. The number of rotatable bonds is 10. The van der Waals surface area contributed by atoms with Crippen LogP contribution in [0.15, 0.2) is 23.3 Å². The van der Waals surface area contributed by atoms with Gasteiger partial charge in [0, 0.05) is 0 Å². The standard InChI is InChI=1S/C19H35Cl2P/c1-5-8-14-22(4,15-9-6-2,16-10-7-3)19(21)13-11-12-18(20)17-19/h11-13H,5-10,14-17H2,1-4H3. The van der Waals surface area contributed by atoms with Gasteiger partial charge >= 0.3 is 149 Å². The third kappa shape index (κ3) is 4.31. The summed E-state index contributed by atoms with van der Waals surface area (Å²) in [4.78, 5) is 0. The Kier molecular flexibility index (Phi) is 7.98. The van der Waals surface area contributed by atoms with Crippen molar-refractivity contribution in [3.05, 3.63) is 23.3 Å². The summed E-state index contributed by atoms with van der Waals surface area (Å²) in [7, 11) is 0. The Hall–Kier alpha value is 0.490. The second-order valence-electron chi connectivity index (χ2n) is 7.52. The van der Waals surface area contributed by atoms with Gasteiger partial charge in [0.25, 0.3) is 0 Å². The second kappa shape index (κ2) is 8.55. The van der Waals surface area contributed by atoms with Crippen LogP contribution in [0.1, 0.15) is 65.7 Å². The molecule has 0 heterocycles. The van der Waals surface area contributed by atoms with Gasteiger partial charge in [0.15, 0.2) is 0 Å². The van der Waals surface area contributed by atoms with Crippen molar-refractivity contribution in [3.63, 3.8) is 0 Å². The summed E-state index contributed by atoms with van der Waals surface area (Å²) in [5, 5.41) is 0.929. The van der Waals surface area contributed by atoms with Crippen LogP contribution in [0.2, 0.25) is 0 Å².